The van der Waals surface area contributed by atoms with Crippen molar-refractivity contribution in [1.82, 2.24) is 5.43 Å². The van der Waals surface area contributed by atoms with Gasteiger partial charge in [0.25, 0.3) is 5.91 Å². The van der Waals surface area contributed by atoms with Gasteiger partial charge >= 0.3 is 5.97 Å². The molecule has 0 saturated heterocycles. The molecule has 0 aliphatic carbocycles. The molecule has 4 rings (SSSR count). The molecule has 0 saturated carbocycles. The Labute approximate surface area is 199 Å². The number of nitrogens with one attached hydrogen (secondary N) is 1. The number of halogens is 1. The molecule has 0 radical (unpaired) electrons. The number of nitrogens with zero attached hydrogens (tertiary/aromatic N) is 1. The molecule has 4 aromatic rings. The Morgan fingerprint density at radius 1 is 0.879 bits per heavy atom. The van der Waals surface area contributed by atoms with Crippen molar-refractivity contribution in [1.29, 1.82) is 0 Å². The maximum atomic E-state index is 12.4. The molecule has 0 fully saturated rings. The number of rotatable bonds is 7. The maximum Gasteiger partial charge on any atom is 0.343 e. The number of benzene rings is 4. The van der Waals surface area contributed by atoms with Gasteiger partial charge in [0.15, 0.2) is 6.61 Å². The van der Waals surface area contributed by atoms with Crippen LogP contribution in [0.4, 0.5) is 0 Å². The second kappa shape index (κ2) is 10.6. The Bertz CT molecular complexity index is 1320. The van der Waals surface area contributed by atoms with E-state index in [0.717, 1.165) is 15.2 Å². The predicted molar refractivity (Wildman–Crippen MR) is 131 cm³/mol. The SMILES string of the molecule is O=C(COc1cccc2ccccc12)N/N=C/c1cc(Br)ccc1OC(=O)c1ccccc1. The Morgan fingerprint density at radius 2 is 1.64 bits per heavy atom. The van der Waals surface area contributed by atoms with Gasteiger partial charge in [0, 0.05) is 15.4 Å². The summed E-state index contributed by atoms with van der Waals surface area (Å²) in [6, 6.07) is 27.3. The second-order valence-corrected chi connectivity index (χ2v) is 7.91. The van der Waals surface area contributed by atoms with Crippen LogP contribution in [0.5, 0.6) is 11.5 Å². The van der Waals surface area contributed by atoms with Gasteiger partial charge in [-0.15, -0.1) is 0 Å². The molecule has 0 unspecified atom stereocenters. The number of hydrogen-bond donors (Lipinski definition) is 1. The van der Waals surface area contributed by atoms with Crippen LogP contribution in [-0.4, -0.2) is 24.7 Å². The van der Waals surface area contributed by atoms with E-state index in [-0.39, 0.29) is 6.61 Å². The van der Waals surface area contributed by atoms with E-state index in [0.29, 0.717) is 22.6 Å². The third kappa shape index (κ3) is 5.84. The normalized spacial score (nSPS) is 10.8. The highest BCUT2D eigenvalue weighted by Gasteiger charge is 2.11. The summed E-state index contributed by atoms with van der Waals surface area (Å²) in [5, 5.41) is 5.94. The summed E-state index contributed by atoms with van der Waals surface area (Å²) in [4.78, 5) is 24.6. The van der Waals surface area contributed by atoms with Crippen molar-refractivity contribution in [2.45, 2.75) is 0 Å². The lowest BCUT2D eigenvalue weighted by molar-refractivity contribution is -0.123. The first kappa shape index (κ1) is 22.2. The van der Waals surface area contributed by atoms with E-state index in [2.05, 4.69) is 26.5 Å². The molecular weight excluding hydrogens is 484 g/mol. The zero-order valence-corrected chi connectivity index (χ0v) is 19.0. The molecular formula is C26H19BrN2O4. The van der Waals surface area contributed by atoms with Crippen LogP contribution in [0.3, 0.4) is 0 Å². The predicted octanol–water partition coefficient (Wildman–Crippen LogP) is 5.35. The number of fused-ring (bicyclic) bond motifs is 1. The largest absolute Gasteiger partial charge is 0.483 e. The molecule has 7 heteroatoms. The highest BCUT2D eigenvalue weighted by molar-refractivity contribution is 9.10. The number of carbonyl (C=O) groups is 2. The van der Waals surface area contributed by atoms with Crippen molar-refractivity contribution in [3.8, 4) is 11.5 Å². The van der Waals surface area contributed by atoms with Crippen molar-refractivity contribution >= 4 is 44.8 Å². The van der Waals surface area contributed by atoms with Crippen LogP contribution in [0, 0.1) is 0 Å². The summed E-state index contributed by atoms with van der Waals surface area (Å²) in [5.41, 5.74) is 3.38. The van der Waals surface area contributed by atoms with Crippen LogP contribution < -0.4 is 14.9 Å². The Morgan fingerprint density at radius 3 is 2.48 bits per heavy atom. The number of hydrazone groups is 1. The average molecular weight is 503 g/mol. The van der Waals surface area contributed by atoms with E-state index in [1.807, 2.05) is 48.5 Å². The molecule has 0 aliphatic heterocycles. The summed E-state index contributed by atoms with van der Waals surface area (Å²) in [5.74, 6) is 0.0310. The summed E-state index contributed by atoms with van der Waals surface area (Å²) in [6.07, 6.45) is 1.41. The van der Waals surface area contributed by atoms with E-state index in [1.54, 1.807) is 42.5 Å². The van der Waals surface area contributed by atoms with Gasteiger partial charge in [-0.3, -0.25) is 4.79 Å². The van der Waals surface area contributed by atoms with Crippen molar-refractivity contribution in [3.63, 3.8) is 0 Å². The fourth-order valence-corrected chi connectivity index (χ4v) is 3.50. The first-order valence-corrected chi connectivity index (χ1v) is 10.9. The van der Waals surface area contributed by atoms with E-state index in [4.69, 9.17) is 9.47 Å². The monoisotopic (exact) mass is 502 g/mol. The third-order valence-electron chi connectivity index (χ3n) is 4.69. The lowest BCUT2D eigenvalue weighted by Gasteiger charge is -2.09. The molecule has 0 bridgehead atoms. The smallest absolute Gasteiger partial charge is 0.343 e. The number of esters is 1. The third-order valence-corrected chi connectivity index (χ3v) is 5.18. The van der Waals surface area contributed by atoms with Crippen molar-refractivity contribution in [2.24, 2.45) is 5.10 Å². The van der Waals surface area contributed by atoms with Crippen LogP contribution >= 0.6 is 15.9 Å². The molecule has 0 heterocycles. The summed E-state index contributed by atoms with van der Waals surface area (Å²) < 4.78 is 11.9. The summed E-state index contributed by atoms with van der Waals surface area (Å²) in [7, 11) is 0. The fraction of sp³-hybridized carbons (Fsp3) is 0.0385. The van der Waals surface area contributed by atoms with Gasteiger partial charge < -0.3 is 9.47 Å². The molecule has 4 aromatic carbocycles. The maximum absolute atomic E-state index is 12.4. The second-order valence-electron chi connectivity index (χ2n) is 7.00. The van der Waals surface area contributed by atoms with Crippen LogP contribution in [0.1, 0.15) is 15.9 Å². The van der Waals surface area contributed by atoms with Crippen LogP contribution in [-0.2, 0) is 4.79 Å². The molecule has 6 nitrogen and oxygen atoms in total. The minimum Gasteiger partial charge on any atom is -0.483 e. The summed E-state index contributed by atoms with van der Waals surface area (Å²) in [6.45, 7) is -0.195. The minimum absolute atomic E-state index is 0.195. The molecule has 164 valence electrons. The number of carbonyl (C=O) groups excluding carboxylic acids is 2. The van der Waals surface area contributed by atoms with E-state index in [9.17, 15) is 9.59 Å². The standard InChI is InChI=1S/C26H19BrN2O4/c27-21-13-14-23(33-26(31)19-8-2-1-3-9-19)20(15-21)16-28-29-25(30)17-32-24-12-6-10-18-7-4-5-11-22(18)24/h1-16H,17H2,(H,29,30)/b28-16+. The van der Waals surface area contributed by atoms with E-state index < -0.39 is 11.9 Å². The van der Waals surface area contributed by atoms with Gasteiger partial charge in [-0.05, 0) is 41.8 Å². The van der Waals surface area contributed by atoms with Gasteiger partial charge in [-0.2, -0.15) is 5.10 Å². The van der Waals surface area contributed by atoms with E-state index >= 15 is 0 Å². The van der Waals surface area contributed by atoms with Crippen molar-refractivity contribution < 1.29 is 19.1 Å². The van der Waals surface area contributed by atoms with Crippen LogP contribution in [0.25, 0.3) is 10.8 Å². The minimum atomic E-state index is -0.486. The first-order valence-electron chi connectivity index (χ1n) is 10.1. The van der Waals surface area contributed by atoms with E-state index in [1.165, 1.54) is 6.21 Å². The lowest BCUT2D eigenvalue weighted by Crippen LogP contribution is -2.24. The van der Waals surface area contributed by atoms with Gasteiger partial charge in [0.1, 0.15) is 11.5 Å². The molecule has 0 aliphatic rings. The average Bonchev–Trinajstić information content (AvgIpc) is 2.84. The molecule has 1 amide bonds. The Balaban J connectivity index is 1.39. The first-order chi connectivity index (χ1) is 16.1. The van der Waals surface area contributed by atoms with Crippen molar-refractivity contribution in [2.75, 3.05) is 6.61 Å². The fourth-order valence-electron chi connectivity index (χ4n) is 3.12. The zero-order valence-electron chi connectivity index (χ0n) is 17.4. The Hall–Kier alpha value is -3.97. The number of ether oxygens (including phenoxy) is 2. The lowest BCUT2D eigenvalue weighted by atomic mass is 10.1. The zero-order chi connectivity index (χ0) is 23.0. The highest BCUT2D eigenvalue weighted by Crippen LogP contribution is 2.25. The van der Waals surface area contributed by atoms with Gasteiger partial charge in [-0.1, -0.05) is 70.5 Å². The molecule has 0 spiro atoms. The number of hydrogen-bond acceptors (Lipinski definition) is 5. The molecule has 33 heavy (non-hydrogen) atoms. The van der Waals surface area contributed by atoms with Gasteiger partial charge in [0.2, 0.25) is 0 Å². The van der Waals surface area contributed by atoms with Gasteiger partial charge in [-0.25, -0.2) is 10.2 Å². The van der Waals surface area contributed by atoms with Crippen LogP contribution in [0.15, 0.2) is 101 Å². The summed E-state index contributed by atoms with van der Waals surface area (Å²) >= 11 is 3.39. The number of amides is 1. The molecule has 0 atom stereocenters. The molecule has 0 aromatic heterocycles. The van der Waals surface area contributed by atoms with Crippen molar-refractivity contribution in [3.05, 3.63) is 107 Å². The molecule has 1 N–H and O–H groups in total. The van der Waals surface area contributed by atoms with Crippen LogP contribution in [0.2, 0.25) is 0 Å². The van der Waals surface area contributed by atoms with Gasteiger partial charge in [0.05, 0.1) is 11.8 Å². The topological polar surface area (TPSA) is 77.0 Å². The Kier molecular flexibility index (Phi) is 7.12. The highest BCUT2D eigenvalue weighted by atomic mass is 79.9. The quantitative estimate of drug-likeness (QED) is 0.160.